The van der Waals surface area contributed by atoms with Crippen LogP contribution in [0.1, 0.15) is 42.2 Å². The monoisotopic (exact) mass is 446 g/mol. The maximum Gasteiger partial charge on any atom is 0.324 e. The molecule has 1 saturated carbocycles. The molecule has 2 fully saturated rings. The molecule has 2 aliphatic rings. The molecule has 1 aliphatic carbocycles. The van der Waals surface area contributed by atoms with Crippen LogP contribution in [0.15, 0.2) is 53.1 Å². The van der Waals surface area contributed by atoms with Gasteiger partial charge in [-0.3, -0.25) is 9.69 Å². The normalized spacial score (nSPS) is 22.6. The van der Waals surface area contributed by atoms with Gasteiger partial charge in [0.05, 0.1) is 19.6 Å². The highest BCUT2D eigenvalue weighted by Crippen LogP contribution is 2.38. The molecule has 8 nitrogen and oxygen atoms in total. The summed E-state index contributed by atoms with van der Waals surface area (Å²) >= 11 is 0. The Balaban J connectivity index is 1.26. The SMILES string of the molecule is COc1ccc(CN2C(=O)NC3CC(c4nc(-c5ccc(C)cc5)no4)CCC3C2=O)cc1. The van der Waals surface area contributed by atoms with E-state index >= 15 is 0 Å². The lowest BCUT2D eigenvalue weighted by atomic mass is 9.76. The van der Waals surface area contributed by atoms with Crippen LogP contribution in [-0.4, -0.2) is 40.1 Å². The summed E-state index contributed by atoms with van der Waals surface area (Å²) in [6, 6.07) is 14.8. The van der Waals surface area contributed by atoms with Crippen LogP contribution in [-0.2, 0) is 11.3 Å². The molecule has 0 bridgehead atoms. The number of aromatic nitrogens is 2. The van der Waals surface area contributed by atoms with E-state index in [2.05, 4.69) is 15.5 Å². The highest BCUT2D eigenvalue weighted by atomic mass is 16.5. The summed E-state index contributed by atoms with van der Waals surface area (Å²) in [5.41, 5.74) is 2.94. The molecule has 3 amide bonds. The van der Waals surface area contributed by atoms with Gasteiger partial charge in [0.25, 0.3) is 0 Å². The molecule has 2 aromatic carbocycles. The van der Waals surface area contributed by atoms with Gasteiger partial charge >= 0.3 is 6.03 Å². The Morgan fingerprint density at radius 3 is 2.58 bits per heavy atom. The van der Waals surface area contributed by atoms with Crippen LogP contribution < -0.4 is 10.1 Å². The third kappa shape index (κ3) is 4.20. The zero-order valence-corrected chi connectivity index (χ0v) is 18.7. The van der Waals surface area contributed by atoms with E-state index in [-0.39, 0.29) is 36.4 Å². The Morgan fingerprint density at radius 2 is 1.85 bits per heavy atom. The van der Waals surface area contributed by atoms with E-state index in [1.165, 1.54) is 10.5 Å². The quantitative estimate of drug-likeness (QED) is 0.635. The number of carbonyl (C=O) groups is 2. The van der Waals surface area contributed by atoms with Crippen molar-refractivity contribution in [1.29, 1.82) is 0 Å². The molecule has 33 heavy (non-hydrogen) atoms. The predicted molar refractivity (Wildman–Crippen MR) is 120 cm³/mol. The second-order valence-corrected chi connectivity index (χ2v) is 8.77. The van der Waals surface area contributed by atoms with Gasteiger partial charge in [0.1, 0.15) is 5.75 Å². The van der Waals surface area contributed by atoms with Gasteiger partial charge < -0.3 is 14.6 Å². The molecule has 0 spiro atoms. The van der Waals surface area contributed by atoms with Crippen molar-refractivity contribution in [1.82, 2.24) is 20.4 Å². The van der Waals surface area contributed by atoms with E-state index in [1.54, 1.807) is 7.11 Å². The Morgan fingerprint density at radius 1 is 1.09 bits per heavy atom. The molecular formula is C25H26N4O4. The summed E-state index contributed by atoms with van der Waals surface area (Å²) in [4.78, 5) is 31.8. The molecule has 1 N–H and O–H groups in total. The minimum Gasteiger partial charge on any atom is -0.497 e. The average molecular weight is 447 g/mol. The Hall–Kier alpha value is -3.68. The largest absolute Gasteiger partial charge is 0.497 e. The van der Waals surface area contributed by atoms with Crippen LogP contribution in [0.4, 0.5) is 4.79 Å². The van der Waals surface area contributed by atoms with E-state index in [4.69, 9.17) is 9.26 Å². The van der Waals surface area contributed by atoms with E-state index in [1.807, 2.05) is 55.5 Å². The van der Waals surface area contributed by atoms with Crippen LogP contribution in [0.3, 0.4) is 0 Å². The van der Waals surface area contributed by atoms with Crippen molar-refractivity contribution >= 4 is 11.9 Å². The predicted octanol–water partition coefficient (Wildman–Crippen LogP) is 4.06. The van der Waals surface area contributed by atoms with Gasteiger partial charge in [-0.05, 0) is 43.9 Å². The summed E-state index contributed by atoms with van der Waals surface area (Å²) in [5.74, 6) is 1.51. The number of urea groups is 1. The zero-order valence-electron chi connectivity index (χ0n) is 18.7. The second-order valence-electron chi connectivity index (χ2n) is 8.77. The first kappa shape index (κ1) is 21.2. The number of aryl methyl sites for hydroxylation is 1. The second kappa shape index (κ2) is 8.69. The van der Waals surface area contributed by atoms with Crippen molar-refractivity contribution in [2.75, 3.05) is 7.11 Å². The van der Waals surface area contributed by atoms with Crippen LogP contribution in [0.5, 0.6) is 5.75 Å². The molecule has 0 radical (unpaired) electrons. The standard InChI is InChI=1S/C25H26N4O4/c1-15-3-7-17(8-4-15)22-27-23(33-28-22)18-9-12-20-21(13-18)26-25(31)29(24(20)30)14-16-5-10-19(32-2)11-6-16/h3-8,10-11,18,20-21H,9,12-14H2,1-2H3,(H,26,31). The van der Waals surface area contributed by atoms with Crippen molar-refractivity contribution in [2.45, 2.75) is 44.7 Å². The van der Waals surface area contributed by atoms with Gasteiger partial charge in [-0.1, -0.05) is 47.1 Å². The highest BCUT2D eigenvalue weighted by Gasteiger charge is 2.45. The number of nitrogens with zero attached hydrogens (tertiary/aromatic N) is 3. The van der Waals surface area contributed by atoms with E-state index < -0.39 is 0 Å². The zero-order chi connectivity index (χ0) is 22.9. The first-order chi connectivity index (χ1) is 16.0. The molecule has 2 heterocycles. The number of benzene rings is 2. The summed E-state index contributed by atoms with van der Waals surface area (Å²) in [6.07, 6.45) is 2.03. The molecule has 1 saturated heterocycles. The topological polar surface area (TPSA) is 97.6 Å². The van der Waals surface area contributed by atoms with E-state index in [9.17, 15) is 9.59 Å². The Bertz CT molecular complexity index is 1160. The molecule has 170 valence electrons. The first-order valence-electron chi connectivity index (χ1n) is 11.2. The van der Waals surface area contributed by atoms with Crippen molar-refractivity contribution in [3.05, 3.63) is 65.5 Å². The summed E-state index contributed by atoms with van der Waals surface area (Å²) < 4.78 is 10.7. The van der Waals surface area contributed by atoms with Gasteiger partial charge in [0.15, 0.2) is 0 Å². The van der Waals surface area contributed by atoms with Gasteiger partial charge in [0.2, 0.25) is 17.6 Å². The van der Waals surface area contributed by atoms with Crippen LogP contribution in [0.25, 0.3) is 11.4 Å². The summed E-state index contributed by atoms with van der Waals surface area (Å²) in [7, 11) is 1.60. The van der Waals surface area contributed by atoms with Crippen molar-refractivity contribution in [3.8, 4) is 17.1 Å². The fourth-order valence-corrected chi connectivity index (χ4v) is 4.67. The van der Waals surface area contributed by atoms with Crippen molar-refractivity contribution < 1.29 is 18.8 Å². The number of fused-ring (bicyclic) bond motifs is 1. The lowest BCUT2D eigenvalue weighted by Gasteiger charge is -2.41. The average Bonchev–Trinajstić information content (AvgIpc) is 3.32. The Kier molecular flexibility index (Phi) is 5.58. The number of methoxy groups -OCH3 is 1. The molecular weight excluding hydrogens is 420 g/mol. The maximum absolute atomic E-state index is 13.1. The lowest BCUT2D eigenvalue weighted by molar-refractivity contribution is -0.137. The third-order valence-electron chi connectivity index (χ3n) is 6.59. The fraction of sp³-hybridized carbons (Fsp3) is 0.360. The molecule has 3 atom stereocenters. The fourth-order valence-electron chi connectivity index (χ4n) is 4.67. The number of nitrogens with one attached hydrogen (secondary N) is 1. The lowest BCUT2D eigenvalue weighted by Crippen LogP contribution is -2.60. The number of rotatable bonds is 5. The number of hydrogen-bond donors (Lipinski definition) is 1. The maximum atomic E-state index is 13.1. The molecule has 8 heteroatoms. The van der Waals surface area contributed by atoms with Gasteiger partial charge in [-0.2, -0.15) is 4.98 Å². The van der Waals surface area contributed by atoms with Crippen molar-refractivity contribution in [2.24, 2.45) is 5.92 Å². The third-order valence-corrected chi connectivity index (χ3v) is 6.59. The van der Waals surface area contributed by atoms with Crippen LogP contribution in [0.2, 0.25) is 0 Å². The van der Waals surface area contributed by atoms with Crippen LogP contribution in [0, 0.1) is 12.8 Å². The number of carbonyl (C=O) groups excluding carboxylic acids is 2. The minimum absolute atomic E-state index is 0.0131. The van der Waals surface area contributed by atoms with E-state index in [0.29, 0.717) is 24.6 Å². The number of imide groups is 1. The molecule has 1 aliphatic heterocycles. The smallest absolute Gasteiger partial charge is 0.324 e. The highest BCUT2D eigenvalue weighted by molar-refractivity contribution is 5.98. The summed E-state index contributed by atoms with van der Waals surface area (Å²) in [5, 5.41) is 7.18. The number of hydrogen-bond acceptors (Lipinski definition) is 6. The van der Waals surface area contributed by atoms with Crippen molar-refractivity contribution in [3.63, 3.8) is 0 Å². The molecule has 5 rings (SSSR count). The molecule has 3 aromatic rings. The van der Waals surface area contributed by atoms with Gasteiger partial charge in [-0.15, -0.1) is 0 Å². The molecule has 3 unspecified atom stereocenters. The number of ether oxygens (including phenoxy) is 1. The Labute approximate surface area is 191 Å². The summed E-state index contributed by atoms with van der Waals surface area (Å²) in [6.45, 7) is 2.27. The molecule has 1 aromatic heterocycles. The van der Waals surface area contributed by atoms with Gasteiger partial charge in [0, 0.05) is 17.5 Å². The minimum atomic E-state index is -0.358. The first-order valence-corrected chi connectivity index (χ1v) is 11.2. The van der Waals surface area contributed by atoms with E-state index in [0.717, 1.165) is 23.3 Å². The van der Waals surface area contributed by atoms with Gasteiger partial charge in [-0.25, -0.2) is 4.79 Å². The van der Waals surface area contributed by atoms with Crippen LogP contribution >= 0.6 is 0 Å². The number of amides is 3.